The monoisotopic (exact) mass is 608 g/mol. The fraction of sp³-hybridized carbons (Fsp3) is 0.0938. The highest BCUT2D eigenvalue weighted by molar-refractivity contribution is 6.30. The van der Waals surface area contributed by atoms with Crippen LogP contribution in [0.4, 0.5) is 13.2 Å². The molecule has 43 heavy (non-hydrogen) atoms. The van der Waals surface area contributed by atoms with Crippen LogP contribution in [-0.2, 0) is 22.2 Å². The van der Waals surface area contributed by atoms with E-state index in [0.29, 0.717) is 22.1 Å². The van der Waals surface area contributed by atoms with Crippen LogP contribution in [0.2, 0.25) is 5.02 Å². The number of para-hydroxylation sites is 1. The van der Waals surface area contributed by atoms with Crippen LogP contribution in [0, 0.1) is 0 Å². The van der Waals surface area contributed by atoms with Gasteiger partial charge in [0.25, 0.3) is 11.8 Å². The molecule has 0 fully saturated rings. The average molecular weight is 609 g/mol. The predicted molar refractivity (Wildman–Crippen MR) is 155 cm³/mol. The highest BCUT2D eigenvalue weighted by atomic mass is 35.5. The van der Waals surface area contributed by atoms with Crippen LogP contribution in [0.15, 0.2) is 109 Å². The lowest BCUT2D eigenvalue weighted by atomic mass is 10.1. The molecule has 0 heterocycles. The number of carboxylic acids is 1. The van der Waals surface area contributed by atoms with Crippen molar-refractivity contribution in [3.63, 3.8) is 0 Å². The Bertz CT molecular complexity index is 1620. The topological polar surface area (TPSA) is 105 Å². The number of aliphatic carboxylic acids is 1. The van der Waals surface area contributed by atoms with Gasteiger partial charge < -0.3 is 20.5 Å². The van der Waals surface area contributed by atoms with Gasteiger partial charge in [0.1, 0.15) is 23.2 Å². The predicted octanol–water partition coefficient (Wildman–Crippen LogP) is 6.73. The van der Waals surface area contributed by atoms with Crippen molar-refractivity contribution < 1.29 is 37.4 Å². The van der Waals surface area contributed by atoms with Crippen LogP contribution < -0.4 is 15.4 Å². The van der Waals surface area contributed by atoms with E-state index in [2.05, 4.69) is 10.6 Å². The lowest BCUT2D eigenvalue weighted by molar-refractivity contribution is -0.141. The molecule has 0 unspecified atom stereocenters. The van der Waals surface area contributed by atoms with E-state index in [1.807, 2.05) is 6.07 Å². The molecule has 4 aromatic carbocycles. The molecule has 220 valence electrons. The molecule has 0 aliphatic heterocycles. The minimum atomic E-state index is -4.65. The summed E-state index contributed by atoms with van der Waals surface area (Å²) in [4.78, 5) is 38.4. The number of carbonyl (C=O) groups is 3. The number of ether oxygens (including phenoxy) is 1. The normalized spacial score (nSPS) is 12.2. The van der Waals surface area contributed by atoms with Crippen LogP contribution >= 0.6 is 11.6 Å². The summed E-state index contributed by atoms with van der Waals surface area (Å²) < 4.78 is 45.6. The third kappa shape index (κ3) is 8.95. The van der Waals surface area contributed by atoms with Gasteiger partial charge in [-0.25, -0.2) is 4.79 Å². The van der Waals surface area contributed by atoms with Gasteiger partial charge in [-0.3, -0.25) is 9.59 Å². The number of nitrogens with one attached hydrogen (secondary N) is 2. The molecule has 0 aliphatic rings. The fourth-order valence-electron chi connectivity index (χ4n) is 3.92. The van der Waals surface area contributed by atoms with Crippen molar-refractivity contribution in [3.8, 4) is 11.5 Å². The lowest BCUT2D eigenvalue weighted by Gasteiger charge is -2.17. The summed E-state index contributed by atoms with van der Waals surface area (Å²) in [7, 11) is 0. The summed E-state index contributed by atoms with van der Waals surface area (Å²) in [5, 5.41) is 14.9. The van der Waals surface area contributed by atoms with E-state index in [0.717, 1.165) is 24.3 Å². The van der Waals surface area contributed by atoms with Gasteiger partial charge in [-0.05, 0) is 77.9 Å². The summed E-state index contributed by atoms with van der Waals surface area (Å²) in [6.07, 6.45) is -3.73. The Morgan fingerprint density at radius 3 is 2.14 bits per heavy atom. The summed E-state index contributed by atoms with van der Waals surface area (Å²) in [5.74, 6) is -2.12. The first-order valence-electron chi connectivity index (χ1n) is 12.8. The Labute approximate surface area is 249 Å². The molecule has 0 aromatic heterocycles. The maximum atomic E-state index is 13.3. The summed E-state index contributed by atoms with van der Waals surface area (Å²) in [6, 6.07) is 23.9. The molecule has 0 bridgehead atoms. The Morgan fingerprint density at radius 2 is 1.51 bits per heavy atom. The van der Waals surface area contributed by atoms with Crippen molar-refractivity contribution in [1.29, 1.82) is 0 Å². The quantitative estimate of drug-likeness (QED) is 0.173. The molecule has 0 saturated heterocycles. The molecule has 2 amide bonds. The van der Waals surface area contributed by atoms with Crippen molar-refractivity contribution in [2.45, 2.75) is 18.6 Å². The minimum absolute atomic E-state index is 0.0449. The Hall–Kier alpha value is -5.09. The number of alkyl halides is 3. The molecule has 4 aromatic rings. The van der Waals surface area contributed by atoms with Gasteiger partial charge in [-0.1, -0.05) is 54.1 Å². The first kappa shape index (κ1) is 30.9. The van der Waals surface area contributed by atoms with Crippen LogP contribution in [0.25, 0.3) is 6.08 Å². The molecular weight excluding hydrogens is 585 g/mol. The van der Waals surface area contributed by atoms with E-state index >= 15 is 0 Å². The first-order valence-corrected chi connectivity index (χ1v) is 13.2. The van der Waals surface area contributed by atoms with Crippen molar-refractivity contribution in [2.24, 2.45) is 0 Å². The number of carbonyl (C=O) groups excluding carboxylic acids is 2. The van der Waals surface area contributed by atoms with Crippen LogP contribution in [0.3, 0.4) is 0 Å². The fourth-order valence-corrected chi connectivity index (χ4v) is 4.04. The zero-order valence-corrected chi connectivity index (χ0v) is 23.0. The van der Waals surface area contributed by atoms with Crippen molar-refractivity contribution in [2.75, 3.05) is 0 Å². The number of hydrogen-bond donors (Lipinski definition) is 3. The number of rotatable bonds is 10. The molecule has 0 spiro atoms. The second-order valence-corrected chi connectivity index (χ2v) is 9.71. The summed E-state index contributed by atoms with van der Waals surface area (Å²) in [5.41, 5.74) is -0.804. The number of carboxylic acid groups (broad SMARTS) is 1. The van der Waals surface area contributed by atoms with E-state index < -0.39 is 41.3 Å². The maximum absolute atomic E-state index is 13.3. The van der Waals surface area contributed by atoms with Gasteiger partial charge in [0.05, 0.1) is 5.56 Å². The van der Waals surface area contributed by atoms with Gasteiger partial charge in [-0.15, -0.1) is 0 Å². The molecule has 0 radical (unpaired) electrons. The largest absolute Gasteiger partial charge is 0.480 e. The molecule has 7 nitrogen and oxygen atoms in total. The zero-order chi connectivity index (χ0) is 31.0. The van der Waals surface area contributed by atoms with Gasteiger partial charge in [0.2, 0.25) is 0 Å². The molecular formula is C32H24ClF3N2O5. The number of halogens is 4. The number of benzene rings is 4. The summed E-state index contributed by atoms with van der Waals surface area (Å²) in [6.45, 7) is 0. The third-order valence-electron chi connectivity index (χ3n) is 6.07. The van der Waals surface area contributed by atoms with Crippen molar-refractivity contribution in [3.05, 3.63) is 136 Å². The van der Waals surface area contributed by atoms with E-state index in [9.17, 15) is 32.7 Å². The Kier molecular flexibility index (Phi) is 9.84. The third-order valence-corrected chi connectivity index (χ3v) is 6.32. The van der Waals surface area contributed by atoms with E-state index in [1.165, 1.54) is 30.3 Å². The van der Waals surface area contributed by atoms with Crippen LogP contribution in [0.1, 0.15) is 27.0 Å². The maximum Gasteiger partial charge on any atom is 0.416 e. The standard InChI is InChI=1S/C32H24ClF3N2O5/c33-24-13-9-20(10-14-24)18-28(31(41)42)38-30(40)27(19-21-5-4-6-23(17-21)32(34,35)36)37-29(39)22-11-15-26(16-12-22)43-25-7-2-1-3-8-25/h1-17,19,28H,18H2,(H,37,39)(H,38,40)(H,41,42)/t28-/m0/s1. The molecule has 11 heteroatoms. The highest BCUT2D eigenvalue weighted by Gasteiger charge is 2.30. The van der Waals surface area contributed by atoms with E-state index in [-0.39, 0.29) is 17.5 Å². The van der Waals surface area contributed by atoms with Gasteiger partial charge in [-0.2, -0.15) is 13.2 Å². The summed E-state index contributed by atoms with van der Waals surface area (Å²) >= 11 is 5.89. The SMILES string of the molecule is O=C(N[C@@H](Cc1ccc(Cl)cc1)C(=O)O)C(=Cc1cccc(C(F)(F)F)c1)NC(=O)c1ccc(Oc2ccccc2)cc1. The zero-order valence-electron chi connectivity index (χ0n) is 22.3. The van der Waals surface area contributed by atoms with Gasteiger partial charge in [0, 0.05) is 17.0 Å². The molecule has 3 N–H and O–H groups in total. The Balaban J connectivity index is 1.58. The number of hydrogen-bond acceptors (Lipinski definition) is 4. The second-order valence-electron chi connectivity index (χ2n) is 9.27. The van der Waals surface area contributed by atoms with Crippen molar-refractivity contribution in [1.82, 2.24) is 10.6 Å². The molecule has 1 atom stereocenters. The van der Waals surface area contributed by atoms with Gasteiger partial charge >= 0.3 is 12.1 Å². The average Bonchev–Trinajstić information content (AvgIpc) is 2.98. The van der Waals surface area contributed by atoms with Crippen molar-refractivity contribution >= 4 is 35.5 Å². The second kappa shape index (κ2) is 13.7. The lowest BCUT2D eigenvalue weighted by Crippen LogP contribution is -2.45. The van der Waals surface area contributed by atoms with E-state index in [1.54, 1.807) is 48.5 Å². The molecule has 0 saturated carbocycles. The highest BCUT2D eigenvalue weighted by Crippen LogP contribution is 2.30. The van der Waals surface area contributed by atoms with E-state index in [4.69, 9.17) is 16.3 Å². The van der Waals surface area contributed by atoms with Gasteiger partial charge in [0.15, 0.2) is 0 Å². The first-order chi connectivity index (χ1) is 20.5. The van der Waals surface area contributed by atoms with Crippen LogP contribution in [0.5, 0.6) is 11.5 Å². The smallest absolute Gasteiger partial charge is 0.416 e. The van der Waals surface area contributed by atoms with Crippen LogP contribution in [-0.4, -0.2) is 28.9 Å². The Morgan fingerprint density at radius 1 is 0.860 bits per heavy atom. The minimum Gasteiger partial charge on any atom is -0.480 e. The number of amides is 2. The molecule has 4 rings (SSSR count). The molecule has 0 aliphatic carbocycles.